The maximum absolute atomic E-state index is 6.32. The molecule has 0 fully saturated rings. The molecule has 1 aromatic rings. The molecule has 132 valence electrons. The molecule has 1 rings (SSSR count). The first kappa shape index (κ1) is 20.3. The Morgan fingerprint density at radius 3 is 2.26 bits per heavy atom. The van der Waals surface area contributed by atoms with E-state index in [4.69, 9.17) is 18.6 Å². The van der Waals surface area contributed by atoms with Gasteiger partial charge in [0.15, 0.2) is 8.32 Å². The van der Waals surface area contributed by atoms with Crippen molar-refractivity contribution in [1.29, 1.82) is 0 Å². The predicted octanol–water partition coefficient (Wildman–Crippen LogP) is 4.39. The van der Waals surface area contributed by atoms with Gasteiger partial charge in [0.2, 0.25) is 0 Å². The van der Waals surface area contributed by atoms with Gasteiger partial charge >= 0.3 is 0 Å². The highest BCUT2D eigenvalue weighted by atomic mass is 28.4. The SMILES string of the molecule is COCCOCOC(CO[Si](C)(C)C(C)(C)C)c1ccccc1. The summed E-state index contributed by atoms with van der Waals surface area (Å²) in [5.41, 5.74) is 1.11. The summed E-state index contributed by atoms with van der Waals surface area (Å²) >= 11 is 0. The van der Waals surface area contributed by atoms with Crippen molar-refractivity contribution in [3.63, 3.8) is 0 Å². The fourth-order valence-electron chi connectivity index (χ4n) is 1.74. The second-order valence-electron chi connectivity index (χ2n) is 7.16. The molecule has 0 radical (unpaired) electrons. The quantitative estimate of drug-likeness (QED) is 0.360. The van der Waals surface area contributed by atoms with Crippen molar-refractivity contribution in [2.24, 2.45) is 0 Å². The minimum Gasteiger partial charge on any atom is -0.414 e. The Morgan fingerprint density at radius 2 is 1.70 bits per heavy atom. The molecule has 5 heteroatoms. The first-order chi connectivity index (χ1) is 10.8. The van der Waals surface area contributed by atoms with Gasteiger partial charge < -0.3 is 18.6 Å². The summed E-state index contributed by atoms with van der Waals surface area (Å²) < 4.78 is 22.6. The normalized spacial score (nSPS) is 14.0. The number of methoxy groups -OCH3 is 1. The van der Waals surface area contributed by atoms with Gasteiger partial charge in [-0.3, -0.25) is 0 Å². The standard InChI is InChI=1S/C18H32O4Si/c1-18(2,3)23(5,6)22-14-17(16-10-8-7-9-11-16)21-15-20-13-12-19-4/h7-11,17H,12-15H2,1-6H3. The summed E-state index contributed by atoms with van der Waals surface area (Å²) in [4.78, 5) is 0. The number of hydrogen-bond acceptors (Lipinski definition) is 4. The van der Waals surface area contributed by atoms with Crippen LogP contribution in [0, 0.1) is 0 Å². The van der Waals surface area contributed by atoms with E-state index in [1.165, 1.54) is 0 Å². The van der Waals surface area contributed by atoms with Crippen molar-refractivity contribution in [3.8, 4) is 0 Å². The summed E-state index contributed by atoms with van der Waals surface area (Å²) in [5.74, 6) is 0. The van der Waals surface area contributed by atoms with E-state index in [0.717, 1.165) is 5.56 Å². The highest BCUT2D eigenvalue weighted by Crippen LogP contribution is 2.37. The second kappa shape index (κ2) is 9.54. The zero-order valence-electron chi connectivity index (χ0n) is 15.4. The first-order valence-corrected chi connectivity index (χ1v) is 11.1. The van der Waals surface area contributed by atoms with Crippen LogP contribution in [0.2, 0.25) is 18.1 Å². The van der Waals surface area contributed by atoms with Gasteiger partial charge in [-0.2, -0.15) is 0 Å². The highest BCUT2D eigenvalue weighted by molar-refractivity contribution is 6.74. The van der Waals surface area contributed by atoms with Crippen molar-refractivity contribution in [2.75, 3.05) is 33.7 Å². The van der Waals surface area contributed by atoms with Crippen LogP contribution in [0.25, 0.3) is 0 Å². The third-order valence-electron chi connectivity index (χ3n) is 4.36. The van der Waals surface area contributed by atoms with Gasteiger partial charge in [0, 0.05) is 7.11 Å². The molecule has 0 saturated heterocycles. The molecule has 0 aliphatic rings. The molecule has 1 unspecified atom stereocenters. The smallest absolute Gasteiger partial charge is 0.192 e. The first-order valence-electron chi connectivity index (χ1n) is 8.15. The summed E-state index contributed by atoms with van der Waals surface area (Å²) in [5, 5.41) is 0.184. The molecule has 0 aliphatic carbocycles. The van der Waals surface area contributed by atoms with Crippen molar-refractivity contribution < 1.29 is 18.6 Å². The van der Waals surface area contributed by atoms with Crippen molar-refractivity contribution in [3.05, 3.63) is 35.9 Å². The Bertz CT molecular complexity index is 428. The number of hydrogen-bond donors (Lipinski definition) is 0. The lowest BCUT2D eigenvalue weighted by Gasteiger charge is -2.37. The van der Waals surface area contributed by atoms with Gasteiger partial charge in [-0.25, -0.2) is 0 Å². The van der Waals surface area contributed by atoms with Gasteiger partial charge in [-0.1, -0.05) is 51.1 Å². The van der Waals surface area contributed by atoms with Crippen molar-refractivity contribution in [1.82, 2.24) is 0 Å². The molecule has 23 heavy (non-hydrogen) atoms. The second-order valence-corrected chi connectivity index (χ2v) is 12.0. The Kier molecular flexibility index (Phi) is 8.43. The lowest BCUT2D eigenvalue weighted by Crippen LogP contribution is -2.42. The van der Waals surface area contributed by atoms with Crippen LogP contribution in [0.4, 0.5) is 0 Å². The molecular formula is C18H32O4Si. The molecule has 1 atom stereocenters. The Labute approximate surface area is 142 Å². The topological polar surface area (TPSA) is 36.9 Å². The number of benzene rings is 1. The Hall–Kier alpha value is -0.723. The maximum Gasteiger partial charge on any atom is 0.192 e. The third kappa shape index (κ3) is 7.14. The van der Waals surface area contributed by atoms with Crippen LogP contribution in [0.3, 0.4) is 0 Å². The van der Waals surface area contributed by atoms with E-state index in [-0.39, 0.29) is 17.9 Å². The van der Waals surface area contributed by atoms with E-state index in [2.05, 4.69) is 46.0 Å². The summed E-state index contributed by atoms with van der Waals surface area (Å²) in [7, 11) is -0.145. The molecule has 1 aromatic carbocycles. The third-order valence-corrected chi connectivity index (χ3v) is 8.86. The van der Waals surface area contributed by atoms with E-state index in [0.29, 0.717) is 19.8 Å². The van der Waals surface area contributed by atoms with Crippen molar-refractivity contribution >= 4 is 8.32 Å². The van der Waals surface area contributed by atoms with Crippen LogP contribution < -0.4 is 0 Å². The molecule has 0 amide bonds. The molecule has 4 nitrogen and oxygen atoms in total. The molecular weight excluding hydrogens is 308 g/mol. The van der Waals surface area contributed by atoms with E-state index in [1.807, 2.05) is 18.2 Å². The summed E-state index contributed by atoms with van der Waals surface area (Å²) in [6.45, 7) is 13.1. The van der Waals surface area contributed by atoms with Crippen LogP contribution in [0.5, 0.6) is 0 Å². The van der Waals surface area contributed by atoms with Crippen LogP contribution in [0.15, 0.2) is 30.3 Å². The monoisotopic (exact) mass is 340 g/mol. The van der Waals surface area contributed by atoms with E-state index in [1.54, 1.807) is 7.11 Å². The van der Waals surface area contributed by atoms with E-state index >= 15 is 0 Å². The molecule has 0 aromatic heterocycles. The Morgan fingerprint density at radius 1 is 1.04 bits per heavy atom. The molecule has 0 spiro atoms. The van der Waals surface area contributed by atoms with E-state index in [9.17, 15) is 0 Å². The minimum absolute atomic E-state index is 0.118. The predicted molar refractivity (Wildman–Crippen MR) is 96.1 cm³/mol. The molecule has 0 saturated carbocycles. The van der Waals surface area contributed by atoms with Crippen LogP contribution >= 0.6 is 0 Å². The van der Waals surface area contributed by atoms with Gasteiger partial charge in [-0.05, 0) is 23.7 Å². The van der Waals surface area contributed by atoms with Gasteiger partial charge in [0.25, 0.3) is 0 Å². The fourth-order valence-corrected chi connectivity index (χ4v) is 2.74. The van der Waals surface area contributed by atoms with Gasteiger partial charge in [0.05, 0.1) is 19.8 Å². The maximum atomic E-state index is 6.32. The summed E-state index contributed by atoms with van der Waals surface area (Å²) in [6, 6.07) is 10.2. The van der Waals surface area contributed by atoms with Crippen LogP contribution in [0.1, 0.15) is 32.4 Å². The Balaban J connectivity index is 2.62. The number of rotatable bonds is 10. The highest BCUT2D eigenvalue weighted by Gasteiger charge is 2.37. The summed E-state index contributed by atoms with van der Waals surface area (Å²) in [6.07, 6.45) is -0.118. The average Bonchev–Trinajstić information content (AvgIpc) is 2.49. The molecule has 0 aliphatic heterocycles. The lowest BCUT2D eigenvalue weighted by molar-refractivity contribution is -0.109. The van der Waals surface area contributed by atoms with E-state index < -0.39 is 8.32 Å². The molecule has 0 bridgehead atoms. The fraction of sp³-hybridized carbons (Fsp3) is 0.667. The lowest BCUT2D eigenvalue weighted by atomic mass is 10.1. The van der Waals surface area contributed by atoms with Crippen LogP contribution in [-0.2, 0) is 18.6 Å². The molecule has 0 heterocycles. The minimum atomic E-state index is -1.80. The zero-order chi connectivity index (χ0) is 17.3. The largest absolute Gasteiger partial charge is 0.414 e. The zero-order valence-corrected chi connectivity index (χ0v) is 16.4. The van der Waals surface area contributed by atoms with Crippen molar-refractivity contribution in [2.45, 2.75) is 45.0 Å². The van der Waals surface area contributed by atoms with Gasteiger partial charge in [-0.15, -0.1) is 0 Å². The average molecular weight is 341 g/mol. The van der Waals surface area contributed by atoms with Crippen LogP contribution in [-0.4, -0.2) is 42.0 Å². The number of ether oxygens (including phenoxy) is 3. The van der Waals surface area contributed by atoms with Gasteiger partial charge in [0.1, 0.15) is 12.9 Å². The molecule has 0 N–H and O–H groups in total.